The molecular formula is C12H12N6O3S2. The molecule has 11 heteroatoms. The first-order chi connectivity index (χ1) is 10.9. The lowest BCUT2D eigenvalue weighted by Crippen LogP contribution is -2.18. The largest absolute Gasteiger partial charge is 0.364 e. The number of anilines is 1. The zero-order chi connectivity index (χ0) is 16.6. The Kier molecular flexibility index (Phi) is 3.74. The summed E-state index contributed by atoms with van der Waals surface area (Å²) >= 11 is 0.922. The molecule has 0 atom stereocenters. The fourth-order valence-electron chi connectivity index (χ4n) is 2.04. The SMILES string of the molecule is CCn1cc(NS(=O)(=O)c2cccc3nsnc23)c(C(N)=O)n1. The van der Waals surface area contributed by atoms with Gasteiger partial charge in [0.05, 0.1) is 17.4 Å². The fourth-order valence-corrected chi connectivity index (χ4v) is 3.86. The third-order valence-electron chi connectivity index (χ3n) is 3.10. The molecule has 2 aromatic heterocycles. The molecular weight excluding hydrogens is 340 g/mol. The van der Waals surface area contributed by atoms with Gasteiger partial charge in [-0.3, -0.25) is 14.2 Å². The van der Waals surface area contributed by atoms with Crippen LogP contribution in [0.5, 0.6) is 0 Å². The molecule has 0 bridgehead atoms. The molecule has 0 spiro atoms. The van der Waals surface area contributed by atoms with E-state index in [1.54, 1.807) is 19.1 Å². The van der Waals surface area contributed by atoms with Gasteiger partial charge in [0.25, 0.3) is 15.9 Å². The molecule has 9 nitrogen and oxygen atoms in total. The van der Waals surface area contributed by atoms with Crippen LogP contribution < -0.4 is 10.5 Å². The van der Waals surface area contributed by atoms with Crippen molar-refractivity contribution in [2.75, 3.05) is 4.72 Å². The average Bonchev–Trinajstić information content (AvgIpc) is 3.12. The van der Waals surface area contributed by atoms with Gasteiger partial charge < -0.3 is 5.73 Å². The zero-order valence-corrected chi connectivity index (χ0v) is 13.6. The second-order valence-electron chi connectivity index (χ2n) is 4.60. The van der Waals surface area contributed by atoms with E-state index in [-0.39, 0.29) is 21.8 Å². The van der Waals surface area contributed by atoms with Gasteiger partial charge in [0.1, 0.15) is 15.9 Å². The van der Waals surface area contributed by atoms with Gasteiger partial charge in [0.15, 0.2) is 5.69 Å². The number of hydrogen-bond acceptors (Lipinski definition) is 7. The van der Waals surface area contributed by atoms with E-state index in [0.29, 0.717) is 12.1 Å². The summed E-state index contributed by atoms with van der Waals surface area (Å²) in [7, 11) is -3.97. The van der Waals surface area contributed by atoms with E-state index in [1.807, 2.05) is 0 Å². The number of rotatable bonds is 5. The summed E-state index contributed by atoms with van der Waals surface area (Å²) in [6, 6.07) is 4.66. The topological polar surface area (TPSA) is 133 Å². The number of nitrogens with two attached hydrogens (primary N) is 1. The van der Waals surface area contributed by atoms with E-state index >= 15 is 0 Å². The second kappa shape index (κ2) is 5.59. The first kappa shape index (κ1) is 15.4. The highest BCUT2D eigenvalue weighted by Crippen LogP contribution is 2.24. The zero-order valence-electron chi connectivity index (χ0n) is 11.9. The van der Waals surface area contributed by atoms with Crippen LogP contribution in [0.3, 0.4) is 0 Å². The van der Waals surface area contributed by atoms with Gasteiger partial charge in [0.2, 0.25) is 0 Å². The van der Waals surface area contributed by atoms with Crippen molar-refractivity contribution in [2.45, 2.75) is 18.4 Å². The van der Waals surface area contributed by atoms with Gasteiger partial charge in [-0.25, -0.2) is 8.42 Å². The Morgan fingerprint density at radius 3 is 2.87 bits per heavy atom. The van der Waals surface area contributed by atoms with E-state index in [0.717, 1.165) is 11.7 Å². The molecule has 0 aliphatic carbocycles. The standard InChI is InChI=1S/C12H12N6O3S2/c1-2-18-6-8(11(14-18)12(13)19)17-23(20,21)9-5-3-4-7-10(9)16-22-15-7/h3-6,17H,2H2,1H3,(H2,13,19). The molecule has 0 fully saturated rings. The van der Waals surface area contributed by atoms with Crippen LogP contribution in [0, 0.1) is 0 Å². The van der Waals surface area contributed by atoms with Crippen LogP contribution in [0.1, 0.15) is 17.4 Å². The number of carbonyl (C=O) groups is 1. The summed E-state index contributed by atoms with van der Waals surface area (Å²) in [4.78, 5) is 11.4. The Morgan fingerprint density at radius 2 is 2.17 bits per heavy atom. The maximum absolute atomic E-state index is 12.6. The average molecular weight is 352 g/mol. The minimum absolute atomic E-state index is 0.0246. The number of primary amides is 1. The van der Waals surface area contributed by atoms with E-state index < -0.39 is 15.9 Å². The van der Waals surface area contributed by atoms with Crippen molar-refractivity contribution in [3.8, 4) is 0 Å². The predicted octanol–water partition coefficient (Wildman–Crippen LogP) is 0.807. The third-order valence-corrected chi connectivity index (χ3v) is 5.04. The normalized spacial score (nSPS) is 11.7. The van der Waals surface area contributed by atoms with Crippen LogP contribution >= 0.6 is 11.7 Å². The molecule has 1 amide bonds. The van der Waals surface area contributed by atoms with E-state index in [9.17, 15) is 13.2 Å². The molecule has 0 unspecified atom stereocenters. The lowest BCUT2D eigenvalue weighted by atomic mass is 10.3. The molecule has 3 N–H and O–H groups in total. The minimum Gasteiger partial charge on any atom is -0.364 e. The quantitative estimate of drug-likeness (QED) is 0.698. The number of nitrogens with one attached hydrogen (secondary N) is 1. The van der Waals surface area contributed by atoms with Gasteiger partial charge in [-0.2, -0.15) is 13.8 Å². The molecule has 3 aromatic rings. The highest BCUT2D eigenvalue weighted by Gasteiger charge is 2.23. The van der Waals surface area contributed by atoms with Gasteiger partial charge in [0, 0.05) is 12.7 Å². The van der Waals surface area contributed by atoms with Gasteiger partial charge in [-0.15, -0.1) is 0 Å². The van der Waals surface area contributed by atoms with Crippen LogP contribution in [-0.2, 0) is 16.6 Å². The van der Waals surface area contributed by atoms with E-state index in [2.05, 4.69) is 18.6 Å². The lowest BCUT2D eigenvalue weighted by Gasteiger charge is -2.07. The van der Waals surface area contributed by atoms with Crippen molar-refractivity contribution in [2.24, 2.45) is 5.73 Å². The van der Waals surface area contributed by atoms with Gasteiger partial charge >= 0.3 is 0 Å². The summed E-state index contributed by atoms with van der Waals surface area (Å²) in [5, 5.41) is 3.95. The number of fused-ring (bicyclic) bond motifs is 1. The Labute approximate surface area is 135 Å². The van der Waals surface area contributed by atoms with Gasteiger partial charge in [-0.1, -0.05) is 6.07 Å². The van der Waals surface area contributed by atoms with Crippen molar-refractivity contribution >= 4 is 44.4 Å². The van der Waals surface area contributed by atoms with Crippen LogP contribution in [0.4, 0.5) is 5.69 Å². The van der Waals surface area contributed by atoms with Crippen LogP contribution in [0.2, 0.25) is 0 Å². The summed E-state index contributed by atoms with van der Waals surface area (Å²) < 4.78 is 37.0. The van der Waals surface area contributed by atoms with Crippen molar-refractivity contribution in [3.05, 3.63) is 30.1 Å². The van der Waals surface area contributed by atoms with Crippen molar-refractivity contribution in [1.29, 1.82) is 0 Å². The molecule has 3 rings (SSSR count). The molecule has 0 radical (unpaired) electrons. The maximum Gasteiger partial charge on any atom is 0.271 e. The van der Waals surface area contributed by atoms with Crippen molar-refractivity contribution in [3.63, 3.8) is 0 Å². The first-order valence-electron chi connectivity index (χ1n) is 6.53. The molecule has 120 valence electrons. The smallest absolute Gasteiger partial charge is 0.271 e. The molecule has 0 saturated heterocycles. The Bertz CT molecular complexity index is 991. The predicted molar refractivity (Wildman–Crippen MR) is 84.6 cm³/mol. The number of aryl methyl sites for hydroxylation is 1. The highest BCUT2D eigenvalue weighted by atomic mass is 32.2. The summed E-state index contributed by atoms with van der Waals surface area (Å²) in [6.07, 6.45) is 1.41. The minimum atomic E-state index is -3.97. The third kappa shape index (κ3) is 2.75. The van der Waals surface area contributed by atoms with Crippen LogP contribution in [0.25, 0.3) is 11.0 Å². The Hall–Kier alpha value is -2.53. The Balaban J connectivity index is 2.07. The first-order valence-corrected chi connectivity index (χ1v) is 8.75. The molecule has 0 aliphatic rings. The van der Waals surface area contributed by atoms with Crippen molar-refractivity contribution in [1.82, 2.24) is 18.5 Å². The monoisotopic (exact) mass is 352 g/mol. The highest BCUT2D eigenvalue weighted by molar-refractivity contribution is 7.93. The Morgan fingerprint density at radius 1 is 1.39 bits per heavy atom. The van der Waals surface area contributed by atoms with Crippen LogP contribution in [0.15, 0.2) is 29.3 Å². The molecule has 23 heavy (non-hydrogen) atoms. The number of carbonyl (C=O) groups excluding carboxylic acids is 1. The molecule has 0 aliphatic heterocycles. The van der Waals surface area contributed by atoms with Gasteiger partial charge in [-0.05, 0) is 19.1 Å². The fraction of sp³-hybridized carbons (Fsp3) is 0.167. The molecule has 2 heterocycles. The number of sulfonamides is 1. The summed E-state index contributed by atoms with van der Waals surface area (Å²) in [6.45, 7) is 2.27. The molecule has 0 saturated carbocycles. The summed E-state index contributed by atoms with van der Waals surface area (Å²) in [5.41, 5.74) is 5.89. The lowest BCUT2D eigenvalue weighted by molar-refractivity contribution is 0.0995. The van der Waals surface area contributed by atoms with Crippen molar-refractivity contribution < 1.29 is 13.2 Å². The summed E-state index contributed by atoms with van der Waals surface area (Å²) in [5.74, 6) is -0.816. The number of nitrogens with zero attached hydrogens (tertiary/aromatic N) is 4. The number of benzene rings is 1. The number of aromatic nitrogens is 4. The van der Waals surface area contributed by atoms with E-state index in [1.165, 1.54) is 16.9 Å². The number of amides is 1. The van der Waals surface area contributed by atoms with E-state index in [4.69, 9.17) is 5.73 Å². The van der Waals surface area contributed by atoms with Crippen LogP contribution in [-0.4, -0.2) is 32.9 Å². The maximum atomic E-state index is 12.6. The molecule has 1 aromatic carbocycles. The number of hydrogen-bond donors (Lipinski definition) is 2. The second-order valence-corrected chi connectivity index (χ2v) is 6.78.